The molecule has 4 heteroatoms. The summed E-state index contributed by atoms with van der Waals surface area (Å²) in [5.74, 6) is 0. The normalized spacial score (nSPS) is 12.2. The fourth-order valence-corrected chi connectivity index (χ4v) is 1.28. The molecule has 3 nitrogen and oxygen atoms in total. The van der Waals surface area contributed by atoms with Crippen molar-refractivity contribution in [3.63, 3.8) is 0 Å². The maximum Gasteiger partial charge on any atom is 0.405 e. The zero-order valence-corrected chi connectivity index (χ0v) is 8.71. The molecule has 1 amide bonds. The summed E-state index contributed by atoms with van der Waals surface area (Å²) in [4.78, 5) is 10.3. The minimum Gasteiger partial charge on any atom is -0.465 e. The van der Waals surface area contributed by atoms with Gasteiger partial charge >= 0.3 is 6.09 Å². The number of amides is 1. The Hall–Kier alpha value is -1.03. The van der Waals surface area contributed by atoms with E-state index in [1.54, 1.807) is 6.92 Å². The molecule has 0 aliphatic heterocycles. The van der Waals surface area contributed by atoms with Crippen molar-refractivity contribution in [2.45, 2.75) is 13.0 Å². The van der Waals surface area contributed by atoms with Gasteiger partial charge in [0.2, 0.25) is 0 Å². The molecule has 2 N–H and O–H groups in total. The molecule has 0 spiro atoms. The number of rotatable bonds is 2. The topological polar surface area (TPSA) is 49.3 Å². The first-order valence-electron chi connectivity index (χ1n) is 3.84. The van der Waals surface area contributed by atoms with Gasteiger partial charge in [-0.15, -0.1) is 0 Å². The van der Waals surface area contributed by atoms with Crippen LogP contribution in [0.15, 0.2) is 28.7 Å². The van der Waals surface area contributed by atoms with Crippen LogP contribution in [0.2, 0.25) is 0 Å². The summed E-state index contributed by atoms with van der Waals surface area (Å²) >= 11 is 3.31. The van der Waals surface area contributed by atoms with Crippen molar-refractivity contribution >= 4 is 22.0 Å². The van der Waals surface area contributed by atoms with Crippen molar-refractivity contribution in [3.8, 4) is 0 Å². The molecule has 0 radical (unpaired) electrons. The van der Waals surface area contributed by atoms with Crippen LogP contribution in [0.3, 0.4) is 0 Å². The lowest BCUT2D eigenvalue weighted by Crippen LogP contribution is -2.24. The Balaban J connectivity index is 2.71. The molecule has 0 aliphatic rings. The van der Waals surface area contributed by atoms with Gasteiger partial charge in [-0.25, -0.2) is 4.79 Å². The monoisotopic (exact) mass is 243 g/mol. The molecule has 70 valence electrons. The molecule has 0 heterocycles. The molecule has 1 unspecified atom stereocenters. The van der Waals surface area contributed by atoms with Gasteiger partial charge < -0.3 is 10.4 Å². The number of hydrogen-bond donors (Lipinski definition) is 2. The largest absolute Gasteiger partial charge is 0.465 e. The molecule has 1 aromatic carbocycles. The van der Waals surface area contributed by atoms with Gasteiger partial charge in [0.1, 0.15) is 0 Å². The Kier molecular flexibility index (Phi) is 3.31. The average molecular weight is 244 g/mol. The van der Waals surface area contributed by atoms with Crippen LogP contribution < -0.4 is 5.32 Å². The van der Waals surface area contributed by atoms with E-state index in [1.165, 1.54) is 0 Å². The highest BCUT2D eigenvalue weighted by Crippen LogP contribution is 2.16. The summed E-state index contributed by atoms with van der Waals surface area (Å²) in [6, 6.07) is 7.35. The SMILES string of the molecule is CC(NC(=O)O)c1ccc(Br)cc1. The van der Waals surface area contributed by atoms with Gasteiger partial charge in [-0.2, -0.15) is 0 Å². The Morgan fingerprint density at radius 3 is 2.46 bits per heavy atom. The van der Waals surface area contributed by atoms with E-state index in [2.05, 4.69) is 21.2 Å². The van der Waals surface area contributed by atoms with Crippen LogP contribution in [0, 0.1) is 0 Å². The summed E-state index contributed by atoms with van der Waals surface area (Å²) in [5.41, 5.74) is 0.950. The standard InChI is InChI=1S/C9H10BrNO2/c1-6(11-9(12)13)7-2-4-8(10)5-3-7/h2-6,11H,1H3,(H,12,13). The van der Waals surface area contributed by atoms with Gasteiger partial charge in [-0.05, 0) is 24.6 Å². The smallest absolute Gasteiger partial charge is 0.405 e. The minimum absolute atomic E-state index is 0.175. The van der Waals surface area contributed by atoms with Crippen LogP contribution in [-0.2, 0) is 0 Å². The third-order valence-corrected chi connectivity index (χ3v) is 2.24. The maximum absolute atomic E-state index is 10.3. The van der Waals surface area contributed by atoms with Crippen LogP contribution in [0.25, 0.3) is 0 Å². The zero-order valence-electron chi connectivity index (χ0n) is 7.12. The summed E-state index contributed by atoms with van der Waals surface area (Å²) in [5, 5.41) is 10.9. The second-order valence-electron chi connectivity index (χ2n) is 2.72. The number of hydrogen-bond acceptors (Lipinski definition) is 1. The zero-order chi connectivity index (χ0) is 9.84. The highest BCUT2D eigenvalue weighted by molar-refractivity contribution is 9.10. The van der Waals surface area contributed by atoms with E-state index in [-0.39, 0.29) is 6.04 Å². The molecule has 0 bridgehead atoms. The Morgan fingerprint density at radius 1 is 1.46 bits per heavy atom. The summed E-state index contributed by atoms with van der Waals surface area (Å²) in [7, 11) is 0. The van der Waals surface area contributed by atoms with E-state index in [0.29, 0.717) is 0 Å². The molecular formula is C9H10BrNO2. The third-order valence-electron chi connectivity index (χ3n) is 1.71. The van der Waals surface area contributed by atoms with Gasteiger partial charge in [-0.1, -0.05) is 28.1 Å². The highest BCUT2D eigenvalue weighted by Gasteiger charge is 2.06. The summed E-state index contributed by atoms with van der Waals surface area (Å²) in [6.45, 7) is 1.80. The lowest BCUT2D eigenvalue weighted by Gasteiger charge is -2.11. The van der Waals surface area contributed by atoms with Crippen molar-refractivity contribution in [3.05, 3.63) is 34.3 Å². The number of carboxylic acid groups (broad SMARTS) is 1. The number of carbonyl (C=O) groups is 1. The fourth-order valence-electron chi connectivity index (χ4n) is 1.02. The van der Waals surface area contributed by atoms with Crippen LogP contribution in [-0.4, -0.2) is 11.2 Å². The second-order valence-corrected chi connectivity index (χ2v) is 3.64. The molecule has 1 aromatic rings. The molecule has 0 saturated carbocycles. The molecular weight excluding hydrogens is 234 g/mol. The molecule has 0 aromatic heterocycles. The van der Waals surface area contributed by atoms with Gasteiger partial charge in [0.15, 0.2) is 0 Å². The maximum atomic E-state index is 10.3. The lowest BCUT2D eigenvalue weighted by atomic mass is 10.1. The number of halogens is 1. The third kappa shape index (κ3) is 3.06. The van der Waals surface area contributed by atoms with Crippen molar-refractivity contribution < 1.29 is 9.90 Å². The predicted octanol–water partition coefficient (Wildman–Crippen LogP) is 2.78. The highest BCUT2D eigenvalue weighted by atomic mass is 79.9. The first kappa shape index (κ1) is 10.1. The fraction of sp³-hybridized carbons (Fsp3) is 0.222. The van der Waals surface area contributed by atoms with Crippen molar-refractivity contribution in [2.24, 2.45) is 0 Å². The number of benzene rings is 1. The molecule has 0 aliphatic carbocycles. The van der Waals surface area contributed by atoms with E-state index in [1.807, 2.05) is 24.3 Å². The second kappa shape index (κ2) is 4.28. The van der Waals surface area contributed by atoms with Gasteiger partial charge in [0, 0.05) is 4.47 Å². The van der Waals surface area contributed by atoms with Crippen LogP contribution in [0.1, 0.15) is 18.5 Å². The van der Waals surface area contributed by atoms with Crippen LogP contribution in [0.4, 0.5) is 4.79 Å². The quantitative estimate of drug-likeness (QED) is 0.840. The molecule has 0 fully saturated rings. The molecule has 1 atom stereocenters. The van der Waals surface area contributed by atoms with Crippen LogP contribution >= 0.6 is 15.9 Å². The molecule has 1 rings (SSSR count). The van der Waals surface area contributed by atoms with E-state index in [4.69, 9.17) is 5.11 Å². The van der Waals surface area contributed by atoms with Gasteiger partial charge in [0.05, 0.1) is 6.04 Å². The minimum atomic E-state index is -1.00. The van der Waals surface area contributed by atoms with Crippen molar-refractivity contribution in [2.75, 3.05) is 0 Å². The predicted molar refractivity (Wildman–Crippen MR) is 53.7 cm³/mol. The lowest BCUT2D eigenvalue weighted by molar-refractivity contribution is 0.191. The van der Waals surface area contributed by atoms with Gasteiger partial charge in [0.25, 0.3) is 0 Å². The van der Waals surface area contributed by atoms with E-state index < -0.39 is 6.09 Å². The summed E-state index contributed by atoms with van der Waals surface area (Å²) < 4.78 is 0.985. The first-order chi connectivity index (χ1) is 6.09. The van der Waals surface area contributed by atoms with E-state index in [9.17, 15) is 4.79 Å². The molecule has 13 heavy (non-hydrogen) atoms. The Morgan fingerprint density at radius 2 is 2.00 bits per heavy atom. The van der Waals surface area contributed by atoms with Crippen molar-refractivity contribution in [1.82, 2.24) is 5.32 Å². The van der Waals surface area contributed by atoms with E-state index >= 15 is 0 Å². The van der Waals surface area contributed by atoms with E-state index in [0.717, 1.165) is 10.0 Å². The van der Waals surface area contributed by atoms with Gasteiger partial charge in [-0.3, -0.25) is 0 Å². The van der Waals surface area contributed by atoms with Crippen molar-refractivity contribution in [1.29, 1.82) is 0 Å². The van der Waals surface area contributed by atoms with Crippen LogP contribution in [0.5, 0.6) is 0 Å². The first-order valence-corrected chi connectivity index (χ1v) is 4.64. The molecule has 0 saturated heterocycles. The Bertz CT molecular complexity index is 297. The Labute approximate surface area is 84.9 Å². The number of nitrogens with one attached hydrogen (secondary N) is 1. The average Bonchev–Trinajstić information content (AvgIpc) is 2.04. The summed E-state index contributed by atoms with van der Waals surface area (Å²) in [6.07, 6.45) is -1.00.